The van der Waals surface area contributed by atoms with E-state index in [2.05, 4.69) is 20.6 Å². The number of rotatable bonds is 10. The van der Waals surface area contributed by atoms with Crippen LogP contribution in [0, 0.1) is 5.82 Å². The number of benzene rings is 2. The summed E-state index contributed by atoms with van der Waals surface area (Å²) in [4.78, 5) is 42.5. The Morgan fingerprint density at radius 3 is 2.50 bits per heavy atom. The van der Waals surface area contributed by atoms with E-state index in [1.54, 1.807) is 50.2 Å². The Hall–Kier alpha value is -4.13. The van der Waals surface area contributed by atoms with E-state index in [4.69, 9.17) is 9.47 Å². The molecule has 2 aromatic carbocycles. The highest BCUT2D eigenvalue weighted by Crippen LogP contribution is 2.33. The first kappa shape index (κ1) is 31.3. The second-order valence-electron chi connectivity index (χ2n) is 11.2. The number of carbonyl (C=O) groups is 3. The Morgan fingerprint density at radius 1 is 1.07 bits per heavy atom. The molecule has 0 unspecified atom stereocenters. The number of thiophene rings is 1. The highest BCUT2D eigenvalue weighted by molar-refractivity contribution is 7.20. The van der Waals surface area contributed by atoms with E-state index in [1.807, 2.05) is 19.1 Å². The minimum atomic E-state index is -1.02. The molecule has 4 aromatic rings. The number of nitrogens with one attached hydrogen (secondary N) is 2. The topological polar surface area (TPSA) is 115 Å². The van der Waals surface area contributed by atoms with E-state index in [0.717, 1.165) is 47.6 Å². The number of halogens is 1. The van der Waals surface area contributed by atoms with Gasteiger partial charge in [0.2, 0.25) is 0 Å². The summed E-state index contributed by atoms with van der Waals surface area (Å²) in [5.41, 5.74) is 0.818. The molecule has 44 heavy (non-hydrogen) atoms. The van der Waals surface area contributed by atoms with E-state index in [0.29, 0.717) is 41.0 Å². The van der Waals surface area contributed by atoms with Crippen LogP contribution < -0.4 is 10.6 Å². The monoisotopic (exact) mass is 621 g/mol. The average Bonchev–Trinajstić information content (AvgIpc) is 3.59. The van der Waals surface area contributed by atoms with Crippen molar-refractivity contribution in [3.8, 4) is 0 Å². The highest BCUT2D eigenvalue weighted by Gasteiger charge is 2.29. The molecule has 232 valence electrons. The Morgan fingerprint density at radius 2 is 1.80 bits per heavy atom. The molecule has 10 nitrogen and oxygen atoms in total. The predicted octanol–water partition coefficient (Wildman–Crippen LogP) is 5.77. The van der Waals surface area contributed by atoms with Gasteiger partial charge in [0.15, 0.2) is 5.82 Å². The molecule has 3 heterocycles. The molecule has 0 atom stereocenters. The summed E-state index contributed by atoms with van der Waals surface area (Å²) >= 11 is 1.03. The third-order valence-electron chi connectivity index (χ3n) is 7.41. The first-order chi connectivity index (χ1) is 21.2. The molecule has 12 heteroatoms. The van der Waals surface area contributed by atoms with Gasteiger partial charge in [-0.15, -0.1) is 16.4 Å². The van der Waals surface area contributed by atoms with Gasteiger partial charge >= 0.3 is 6.09 Å². The minimum absolute atomic E-state index is 0.124. The fourth-order valence-electron chi connectivity index (χ4n) is 4.94. The molecule has 0 aliphatic carbocycles. The van der Waals surface area contributed by atoms with Crippen molar-refractivity contribution in [1.82, 2.24) is 20.0 Å². The van der Waals surface area contributed by atoms with Crippen LogP contribution in [0.4, 0.5) is 15.0 Å². The van der Waals surface area contributed by atoms with E-state index in [9.17, 15) is 18.8 Å². The van der Waals surface area contributed by atoms with Gasteiger partial charge in [0.1, 0.15) is 10.6 Å². The van der Waals surface area contributed by atoms with Gasteiger partial charge in [-0.25, -0.2) is 9.18 Å². The van der Waals surface area contributed by atoms with Gasteiger partial charge in [0.05, 0.1) is 35.6 Å². The number of unbranched alkanes of at least 4 members (excludes halogenated alkanes) is 1. The minimum Gasteiger partial charge on any atom is -0.448 e. The normalized spacial score (nSPS) is 14.0. The predicted molar refractivity (Wildman–Crippen MR) is 167 cm³/mol. The zero-order valence-corrected chi connectivity index (χ0v) is 25.8. The lowest BCUT2D eigenvalue weighted by Gasteiger charge is -2.27. The lowest BCUT2D eigenvalue weighted by Crippen LogP contribution is -2.41. The maximum absolute atomic E-state index is 14.5. The number of hydrogen-bond acceptors (Lipinski definition) is 8. The zero-order chi connectivity index (χ0) is 31.3. The summed E-state index contributed by atoms with van der Waals surface area (Å²) < 4.78 is 26.4. The Balaban J connectivity index is 1.38. The first-order valence-corrected chi connectivity index (χ1v) is 15.5. The van der Waals surface area contributed by atoms with E-state index in [1.165, 1.54) is 6.07 Å². The van der Waals surface area contributed by atoms with Gasteiger partial charge in [-0.2, -0.15) is 4.68 Å². The van der Waals surface area contributed by atoms with Gasteiger partial charge in [0, 0.05) is 30.8 Å². The number of amides is 2. The summed E-state index contributed by atoms with van der Waals surface area (Å²) in [5.74, 6) is -1.18. The van der Waals surface area contributed by atoms with Crippen molar-refractivity contribution in [3.05, 3.63) is 82.0 Å². The number of morpholine rings is 1. The van der Waals surface area contributed by atoms with Crippen molar-refractivity contribution in [1.29, 1.82) is 0 Å². The third-order valence-corrected chi connectivity index (χ3v) is 8.52. The molecule has 2 amide bonds. The van der Waals surface area contributed by atoms with Crippen molar-refractivity contribution >= 4 is 45.3 Å². The molecular weight excluding hydrogens is 585 g/mol. The molecule has 5 rings (SSSR count). The van der Waals surface area contributed by atoms with Gasteiger partial charge in [0.25, 0.3) is 11.8 Å². The quantitative estimate of drug-likeness (QED) is 0.216. The van der Waals surface area contributed by atoms with Crippen LogP contribution in [-0.4, -0.2) is 65.5 Å². The summed E-state index contributed by atoms with van der Waals surface area (Å²) in [6.45, 7) is 9.53. The fourth-order valence-corrected chi connectivity index (χ4v) is 5.94. The van der Waals surface area contributed by atoms with Crippen LogP contribution in [0.15, 0.2) is 54.6 Å². The van der Waals surface area contributed by atoms with E-state index in [-0.39, 0.29) is 17.3 Å². The number of ether oxygens (including phenoxy) is 2. The summed E-state index contributed by atoms with van der Waals surface area (Å²) in [6, 6.07) is 15.1. The lowest BCUT2D eigenvalue weighted by atomic mass is 9.93. The Labute approximate surface area is 259 Å². The van der Waals surface area contributed by atoms with Gasteiger partial charge in [-0.3, -0.25) is 14.5 Å². The standard InChI is InChI=1S/C32H36FN5O5S/c1-4-5-16-43-31(41)38-30-23(19-26(44-30)29(40)35-32(2,3)24-8-6-7-9-25(24)33)27(36-38)34-28(39)22-12-10-21(11-13-22)20-37-14-17-42-18-15-37/h6-13,19H,4-5,14-18,20H2,1-3H3,(H,35,40)(H,34,36,39). The molecule has 0 spiro atoms. The van der Waals surface area contributed by atoms with Crippen LogP contribution >= 0.6 is 11.3 Å². The van der Waals surface area contributed by atoms with Crippen LogP contribution in [0.5, 0.6) is 0 Å². The maximum Gasteiger partial charge on any atom is 0.436 e. The van der Waals surface area contributed by atoms with Crippen LogP contribution in [0.3, 0.4) is 0 Å². The summed E-state index contributed by atoms with van der Waals surface area (Å²) in [6.07, 6.45) is 0.817. The molecule has 1 aliphatic rings. The fraction of sp³-hybridized carbons (Fsp3) is 0.375. The average molecular weight is 622 g/mol. The molecule has 1 aliphatic heterocycles. The molecule has 0 saturated carbocycles. The summed E-state index contributed by atoms with van der Waals surface area (Å²) in [7, 11) is 0. The van der Waals surface area contributed by atoms with Crippen molar-refractivity contribution in [3.63, 3.8) is 0 Å². The molecule has 1 fully saturated rings. The van der Waals surface area contributed by atoms with Crippen molar-refractivity contribution in [2.24, 2.45) is 0 Å². The van der Waals surface area contributed by atoms with Crippen LogP contribution in [0.25, 0.3) is 10.2 Å². The molecule has 0 bridgehead atoms. The number of fused-ring (bicyclic) bond motifs is 1. The van der Waals surface area contributed by atoms with Crippen LogP contribution in [0.1, 0.15) is 64.8 Å². The number of nitrogens with zero attached hydrogens (tertiary/aromatic N) is 3. The first-order valence-electron chi connectivity index (χ1n) is 14.6. The number of aromatic nitrogens is 2. The maximum atomic E-state index is 14.5. The van der Waals surface area contributed by atoms with E-state index >= 15 is 0 Å². The molecule has 0 radical (unpaired) electrons. The van der Waals surface area contributed by atoms with Crippen LogP contribution in [-0.2, 0) is 21.6 Å². The lowest BCUT2D eigenvalue weighted by molar-refractivity contribution is 0.0342. The smallest absolute Gasteiger partial charge is 0.436 e. The van der Waals surface area contributed by atoms with Gasteiger partial charge in [-0.05, 0) is 50.1 Å². The number of anilines is 1. The van der Waals surface area contributed by atoms with Gasteiger partial charge < -0.3 is 20.1 Å². The number of carbonyl (C=O) groups excluding carboxylic acids is 3. The summed E-state index contributed by atoms with van der Waals surface area (Å²) in [5, 5.41) is 10.4. The van der Waals surface area contributed by atoms with Crippen molar-refractivity contribution in [2.75, 3.05) is 38.2 Å². The van der Waals surface area contributed by atoms with Crippen LogP contribution in [0.2, 0.25) is 0 Å². The number of hydrogen-bond donors (Lipinski definition) is 2. The molecule has 2 aromatic heterocycles. The highest BCUT2D eigenvalue weighted by atomic mass is 32.1. The van der Waals surface area contributed by atoms with Crippen molar-refractivity contribution < 1.29 is 28.2 Å². The second kappa shape index (κ2) is 13.7. The second-order valence-corrected chi connectivity index (χ2v) is 12.2. The Kier molecular flexibility index (Phi) is 9.72. The largest absolute Gasteiger partial charge is 0.448 e. The van der Waals surface area contributed by atoms with Gasteiger partial charge in [-0.1, -0.05) is 43.7 Å². The van der Waals surface area contributed by atoms with E-state index < -0.39 is 29.3 Å². The molecular formula is C32H36FN5O5S. The van der Waals surface area contributed by atoms with Crippen molar-refractivity contribution in [2.45, 2.75) is 45.7 Å². The molecule has 1 saturated heterocycles. The third kappa shape index (κ3) is 7.15. The zero-order valence-electron chi connectivity index (χ0n) is 25.0. The molecule has 2 N–H and O–H groups in total. The Bertz CT molecular complexity index is 1640. The SMILES string of the molecule is CCCCOC(=O)n1nc(NC(=O)c2ccc(CN3CCOCC3)cc2)c2cc(C(=O)NC(C)(C)c3ccccc3F)sc21.